The predicted octanol–water partition coefficient (Wildman–Crippen LogP) is 3.12. The lowest BCUT2D eigenvalue weighted by Gasteiger charge is -2.06. The van der Waals surface area contributed by atoms with E-state index in [-0.39, 0.29) is 5.69 Å². The van der Waals surface area contributed by atoms with Crippen LogP contribution in [0.5, 0.6) is 0 Å². The molecule has 0 spiro atoms. The van der Waals surface area contributed by atoms with Crippen LogP contribution in [-0.4, -0.2) is 19.1 Å². The summed E-state index contributed by atoms with van der Waals surface area (Å²) in [5.74, 6) is -1.83. The van der Waals surface area contributed by atoms with E-state index in [1.54, 1.807) is 36.3 Å². The molecule has 0 saturated carbocycles. The quantitative estimate of drug-likeness (QED) is 0.569. The van der Waals surface area contributed by atoms with E-state index >= 15 is 0 Å². The summed E-state index contributed by atoms with van der Waals surface area (Å²) in [5.41, 5.74) is 2.96. The molecule has 0 radical (unpaired) electrons. The second-order valence-corrected chi connectivity index (χ2v) is 5.98. The van der Waals surface area contributed by atoms with E-state index < -0.39 is 11.6 Å². The van der Waals surface area contributed by atoms with Crippen molar-refractivity contribution in [3.63, 3.8) is 0 Å². The highest BCUT2D eigenvalue weighted by atomic mass is 19.2. The van der Waals surface area contributed by atoms with Gasteiger partial charge in [0.05, 0.1) is 12.1 Å². The van der Waals surface area contributed by atoms with E-state index in [4.69, 9.17) is 0 Å². The number of fused-ring (bicyclic) bond motifs is 1. The maximum atomic E-state index is 13.6. The van der Waals surface area contributed by atoms with Gasteiger partial charge in [-0.1, -0.05) is 6.07 Å². The second kappa shape index (κ2) is 6.18. The minimum atomic E-state index is -0.926. The van der Waals surface area contributed by atoms with Crippen molar-refractivity contribution >= 4 is 11.2 Å². The molecule has 4 aromatic rings. The number of rotatable bonds is 3. The molecule has 0 aliphatic carbocycles. The standard InChI is InChI=1S/C19H14F2N4O/c1-24-18-17(25(19(24)26)11-12-4-6-22-7-5-12)9-14(10-23-18)13-2-3-15(20)16(21)8-13/h2-10H,11H2,1H3. The summed E-state index contributed by atoms with van der Waals surface area (Å²) in [5, 5.41) is 0. The first-order valence-corrected chi connectivity index (χ1v) is 7.94. The van der Waals surface area contributed by atoms with Crippen molar-refractivity contribution in [2.45, 2.75) is 6.54 Å². The first-order valence-electron chi connectivity index (χ1n) is 7.94. The van der Waals surface area contributed by atoms with Gasteiger partial charge in [0.2, 0.25) is 0 Å². The zero-order valence-corrected chi connectivity index (χ0v) is 13.9. The highest BCUT2D eigenvalue weighted by Crippen LogP contribution is 2.24. The minimum absolute atomic E-state index is 0.202. The first kappa shape index (κ1) is 16.1. The largest absolute Gasteiger partial charge is 0.330 e. The van der Waals surface area contributed by atoms with Gasteiger partial charge in [0.25, 0.3) is 0 Å². The molecule has 0 unspecified atom stereocenters. The minimum Gasteiger partial charge on any atom is -0.286 e. The van der Waals surface area contributed by atoms with Crippen LogP contribution < -0.4 is 5.69 Å². The molecule has 1 aromatic carbocycles. The normalized spacial score (nSPS) is 11.2. The maximum Gasteiger partial charge on any atom is 0.330 e. The van der Waals surface area contributed by atoms with Crippen LogP contribution in [-0.2, 0) is 13.6 Å². The van der Waals surface area contributed by atoms with Gasteiger partial charge in [-0.3, -0.25) is 14.1 Å². The van der Waals surface area contributed by atoms with Gasteiger partial charge in [0.15, 0.2) is 17.3 Å². The second-order valence-electron chi connectivity index (χ2n) is 5.98. The van der Waals surface area contributed by atoms with E-state index in [1.807, 2.05) is 12.1 Å². The van der Waals surface area contributed by atoms with E-state index in [9.17, 15) is 13.6 Å². The molecular formula is C19H14F2N4O. The highest BCUT2D eigenvalue weighted by molar-refractivity contribution is 5.79. The summed E-state index contributed by atoms with van der Waals surface area (Å²) in [6.07, 6.45) is 4.87. The average Bonchev–Trinajstić information content (AvgIpc) is 2.89. The highest BCUT2D eigenvalue weighted by Gasteiger charge is 2.14. The van der Waals surface area contributed by atoms with Crippen molar-refractivity contribution in [3.05, 3.63) is 82.7 Å². The van der Waals surface area contributed by atoms with Gasteiger partial charge in [-0.2, -0.15) is 0 Å². The molecule has 0 bridgehead atoms. The number of hydrogen-bond acceptors (Lipinski definition) is 3. The Bertz CT molecular complexity index is 1170. The van der Waals surface area contributed by atoms with Crippen molar-refractivity contribution < 1.29 is 8.78 Å². The molecule has 130 valence electrons. The molecule has 0 aliphatic rings. The number of hydrogen-bond donors (Lipinski definition) is 0. The van der Waals surface area contributed by atoms with Crippen molar-refractivity contribution in [2.24, 2.45) is 7.05 Å². The van der Waals surface area contributed by atoms with E-state index in [1.165, 1.54) is 10.6 Å². The topological polar surface area (TPSA) is 52.7 Å². The maximum absolute atomic E-state index is 13.6. The van der Waals surface area contributed by atoms with Crippen LogP contribution in [0.4, 0.5) is 8.78 Å². The summed E-state index contributed by atoms with van der Waals surface area (Å²) >= 11 is 0. The molecule has 4 rings (SSSR count). The zero-order valence-electron chi connectivity index (χ0n) is 13.9. The lowest BCUT2D eigenvalue weighted by atomic mass is 10.1. The van der Waals surface area contributed by atoms with Gasteiger partial charge < -0.3 is 0 Å². The molecule has 7 heteroatoms. The summed E-state index contributed by atoms with van der Waals surface area (Å²) < 4.78 is 29.8. The number of pyridine rings is 2. The van der Waals surface area contributed by atoms with Gasteiger partial charge in [-0.05, 0) is 41.5 Å². The molecule has 0 amide bonds. The Labute approximate surface area is 147 Å². The van der Waals surface area contributed by atoms with E-state index in [2.05, 4.69) is 9.97 Å². The van der Waals surface area contributed by atoms with E-state index in [0.717, 1.165) is 17.7 Å². The van der Waals surface area contributed by atoms with Crippen molar-refractivity contribution in [1.29, 1.82) is 0 Å². The number of aromatic nitrogens is 4. The number of aryl methyl sites for hydroxylation is 1. The number of benzene rings is 1. The van der Waals surface area contributed by atoms with Crippen molar-refractivity contribution in [2.75, 3.05) is 0 Å². The summed E-state index contributed by atoms with van der Waals surface area (Å²) in [7, 11) is 1.65. The van der Waals surface area contributed by atoms with Crippen LogP contribution in [0.1, 0.15) is 5.56 Å². The number of imidazole rings is 1. The van der Waals surface area contributed by atoms with Crippen molar-refractivity contribution in [3.8, 4) is 11.1 Å². The SMILES string of the molecule is Cn1c(=O)n(Cc2ccncc2)c2cc(-c3ccc(F)c(F)c3)cnc21. The fourth-order valence-electron chi connectivity index (χ4n) is 2.93. The van der Waals surface area contributed by atoms with Crippen molar-refractivity contribution in [1.82, 2.24) is 19.1 Å². The monoisotopic (exact) mass is 352 g/mol. The number of halogens is 2. The van der Waals surface area contributed by atoms with Gasteiger partial charge in [0, 0.05) is 31.2 Å². The first-order chi connectivity index (χ1) is 12.5. The Morgan fingerprint density at radius 2 is 1.77 bits per heavy atom. The molecular weight excluding hydrogens is 338 g/mol. The lowest BCUT2D eigenvalue weighted by molar-refractivity contribution is 0.509. The van der Waals surface area contributed by atoms with Gasteiger partial charge in [-0.15, -0.1) is 0 Å². The molecule has 3 heterocycles. The molecule has 0 aliphatic heterocycles. The lowest BCUT2D eigenvalue weighted by Crippen LogP contribution is -2.22. The third kappa shape index (κ3) is 2.67. The van der Waals surface area contributed by atoms with Gasteiger partial charge in [-0.25, -0.2) is 18.6 Å². The van der Waals surface area contributed by atoms with Gasteiger partial charge >= 0.3 is 5.69 Å². The summed E-state index contributed by atoms with van der Waals surface area (Å²) in [6, 6.07) is 9.10. The Hall–Kier alpha value is -3.35. The molecule has 5 nitrogen and oxygen atoms in total. The fraction of sp³-hybridized carbons (Fsp3) is 0.105. The average molecular weight is 352 g/mol. The number of nitrogens with zero attached hydrogens (tertiary/aromatic N) is 4. The third-order valence-corrected chi connectivity index (χ3v) is 4.32. The Morgan fingerprint density at radius 1 is 1.00 bits per heavy atom. The molecule has 26 heavy (non-hydrogen) atoms. The summed E-state index contributed by atoms with van der Waals surface area (Å²) in [6.45, 7) is 0.363. The fourth-order valence-corrected chi connectivity index (χ4v) is 2.93. The van der Waals surface area contributed by atoms with Gasteiger partial charge in [0.1, 0.15) is 0 Å². The third-order valence-electron chi connectivity index (χ3n) is 4.32. The molecule has 0 fully saturated rings. The van der Waals surface area contributed by atoms with Crippen LogP contribution in [0.2, 0.25) is 0 Å². The van der Waals surface area contributed by atoms with E-state index in [0.29, 0.717) is 28.8 Å². The van der Waals surface area contributed by atoms with Crippen LogP contribution in [0.15, 0.2) is 59.8 Å². The predicted molar refractivity (Wildman–Crippen MR) is 93.7 cm³/mol. The van der Waals surface area contributed by atoms with Crippen LogP contribution in [0.25, 0.3) is 22.3 Å². The Morgan fingerprint density at radius 3 is 2.50 bits per heavy atom. The van der Waals surface area contributed by atoms with Crippen LogP contribution in [0, 0.1) is 11.6 Å². The molecule has 3 aromatic heterocycles. The smallest absolute Gasteiger partial charge is 0.286 e. The van der Waals surface area contributed by atoms with Crippen LogP contribution in [0.3, 0.4) is 0 Å². The Kier molecular flexibility index (Phi) is 3.84. The zero-order chi connectivity index (χ0) is 18.3. The molecule has 0 atom stereocenters. The Balaban J connectivity index is 1.88. The molecule has 0 saturated heterocycles. The van der Waals surface area contributed by atoms with Crippen LogP contribution >= 0.6 is 0 Å². The summed E-state index contributed by atoms with van der Waals surface area (Å²) in [4.78, 5) is 20.9. The molecule has 0 N–H and O–H groups in total.